The van der Waals surface area contributed by atoms with E-state index >= 15 is 0 Å². The largest absolute Gasteiger partial charge is 0.354 e. The summed E-state index contributed by atoms with van der Waals surface area (Å²) in [4.78, 5) is 27.8. The number of rotatable bonds is 5. The molecule has 1 amide bonds. The first-order valence-corrected chi connectivity index (χ1v) is 9.85. The van der Waals surface area contributed by atoms with Crippen LogP contribution in [-0.2, 0) is 4.79 Å². The Morgan fingerprint density at radius 3 is 2.50 bits per heavy atom. The second-order valence-corrected chi connectivity index (χ2v) is 7.20. The van der Waals surface area contributed by atoms with Crippen LogP contribution in [0.3, 0.4) is 0 Å². The predicted octanol–water partition coefficient (Wildman–Crippen LogP) is 4.71. The number of nitrogens with zero attached hydrogens (tertiary/aromatic N) is 3. The Balaban J connectivity index is 1.62. The molecule has 8 heteroatoms. The first-order valence-electron chi connectivity index (χ1n) is 9.85. The fraction of sp³-hybridized carbons (Fsp3) is 0. The maximum absolute atomic E-state index is 12.9. The number of nitro groups is 1. The van der Waals surface area contributed by atoms with Crippen LogP contribution in [0.1, 0.15) is 11.1 Å². The summed E-state index contributed by atoms with van der Waals surface area (Å²) in [6, 6.07) is 21.5. The molecule has 1 aromatic heterocycles. The van der Waals surface area contributed by atoms with Crippen LogP contribution in [0, 0.1) is 10.1 Å². The third-order valence-electron chi connectivity index (χ3n) is 5.21. The third-order valence-corrected chi connectivity index (χ3v) is 5.21. The minimum atomic E-state index is -0.467. The Labute approximate surface area is 183 Å². The van der Waals surface area contributed by atoms with E-state index in [2.05, 4.69) is 15.6 Å². The molecule has 0 spiro atoms. The minimum Gasteiger partial charge on any atom is -0.354 e. The summed E-state index contributed by atoms with van der Waals surface area (Å²) in [5, 5.41) is 17.5. The molecule has 0 atom stereocenters. The van der Waals surface area contributed by atoms with E-state index < -0.39 is 4.92 Å². The molecule has 1 aliphatic rings. The second kappa shape index (κ2) is 7.84. The normalized spacial score (nSPS) is 13.9. The molecule has 0 bridgehead atoms. The number of carbonyl (C=O) groups is 1. The molecule has 32 heavy (non-hydrogen) atoms. The average molecular weight is 423 g/mol. The van der Waals surface area contributed by atoms with Crippen molar-refractivity contribution in [2.75, 3.05) is 10.6 Å². The average Bonchev–Trinajstić information content (AvgIpc) is 3.46. The molecule has 0 saturated carbocycles. The summed E-state index contributed by atoms with van der Waals surface area (Å²) in [7, 11) is 0. The number of hydrogen-bond donors (Lipinski definition) is 2. The molecule has 0 fully saturated rings. The van der Waals surface area contributed by atoms with Gasteiger partial charge in [0.2, 0.25) is 0 Å². The van der Waals surface area contributed by atoms with Gasteiger partial charge in [-0.3, -0.25) is 14.9 Å². The molecule has 4 aromatic rings. The van der Waals surface area contributed by atoms with Gasteiger partial charge < -0.3 is 15.2 Å². The molecule has 0 aliphatic carbocycles. The number of fused-ring (bicyclic) bond motifs is 1. The molecular weight excluding hydrogens is 406 g/mol. The van der Waals surface area contributed by atoms with Gasteiger partial charge in [0.15, 0.2) is 0 Å². The van der Waals surface area contributed by atoms with E-state index in [1.165, 1.54) is 12.1 Å². The van der Waals surface area contributed by atoms with Gasteiger partial charge in [-0.05, 0) is 35.9 Å². The number of carbonyl (C=O) groups excluding carboxylic acids is 1. The van der Waals surface area contributed by atoms with Crippen molar-refractivity contribution < 1.29 is 9.72 Å². The molecule has 156 valence electrons. The van der Waals surface area contributed by atoms with Crippen molar-refractivity contribution in [3.8, 4) is 5.69 Å². The van der Waals surface area contributed by atoms with E-state index in [1.807, 2.05) is 65.4 Å². The van der Waals surface area contributed by atoms with Gasteiger partial charge in [0.1, 0.15) is 0 Å². The van der Waals surface area contributed by atoms with Gasteiger partial charge >= 0.3 is 0 Å². The maximum Gasteiger partial charge on any atom is 0.270 e. The fourth-order valence-corrected chi connectivity index (χ4v) is 3.67. The van der Waals surface area contributed by atoms with Crippen LogP contribution >= 0.6 is 0 Å². The molecular formula is C24H17N5O3. The lowest BCUT2D eigenvalue weighted by Gasteiger charge is -2.15. The Morgan fingerprint density at radius 2 is 1.81 bits per heavy atom. The van der Waals surface area contributed by atoms with Gasteiger partial charge in [-0.2, -0.15) is 0 Å². The molecule has 0 saturated heterocycles. The highest BCUT2D eigenvalue weighted by molar-refractivity contribution is 6.37. The SMILES string of the molecule is O=C1Nc2ccc([N+](=O)[O-])cc2/C1=C(/Nc1ccc(-n2ccnc2)cc1)c1ccccc1. The van der Waals surface area contributed by atoms with Gasteiger partial charge in [-0.1, -0.05) is 30.3 Å². The topological polar surface area (TPSA) is 102 Å². The van der Waals surface area contributed by atoms with Crippen LogP contribution in [0.25, 0.3) is 17.0 Å². The molecule has 8 nitrogen and oxygen atoms in total. The molecule has 2 N–H and O–H groups in total. The van der Waals surface area contributed by atoms with E-state index in [9.17, 15) is 14.9 Å². The van der Waals surface area contributed by atoms with Gasteiger partial charge in [0, 0.05) is 47.2 Å². The van der Waals surface area contributed by atoms with Crippen molar-refractivity contribution in [2.24, 2.45) is 0 Å². The summed E-state index contributed by atoms with van der Waals surface area (Å²) < 4.78 is 1.89. The van der Waals surface area contributed by atoms with Crippen LogP contribution < -0.4 is 10.6 Å². The zero-order valence-electron chi connectivity index (χ0n) is 16.7. The van der Waals surface area contributed by atoms with Gasteiger partial charge in [-0.25, -0.2) is 4.98 Å². The summed E-state index contributed by atoms with van der Waals surface area (Å²) >= 11 is 0. The van der Waals surface area contributed by atoms with Crippen LogP contribution in [0.5, 0.6) is 0 Å². The molecule has 0 radical (unpaired) electrons. The first-order chi connectivity index (χ1) is 15.6. The lowest BCUT2D eigenvalue weighted by Crippen LogP contribution is -2.10. The molecule has 1 aliphatic heterocycles. The number of non-ortho nitro benzene ring substituents is 1. The van der Waals surface area contributed by atoms with Crippen LogP contribution in [0.4, 0.5) is 17.1 Å². The van der Waals surface area contributed by atoms with Gasteiger partial charge in [-0.15, -0.1) is 0 Å². The number of nitro benzene ring substituents is 1. The number of nitrogens with one attached hydrogen (secondary N) is 2. The smallest absolute Gasteiger partial charge is 0.270 e. The highest BCUT2D eigenvalue weighted by Gasteiger charge is 2.30. The quantitative estimate of drug-likeness (QED) is 0.275. The molecule has 5 rings (SSSR count). The molecule has 2 heterocycles. The number of imidazole rings is 1. The lowest BCUT2D eigenvalue weighted by molar-refractivity contribution is -0.384. The number of hydrogen-bond acceptors (Lipinski definition) is 5. The first kappa shape index (κ1) is 19.3. The standard InChI is InChI=1S/C24H17N5O3/c30-24-22(20-14-19(29(31)32)10-11-21(20)27-24)23(16-4-2-1-3-5-16)26-17-6-8-18(9-7-17)28-13-12-25-15-28/h1-15,26H,(H,27,30)/b23-22-. The van der Waals surface area contributed by atoms with Gasteiger partial charge in [0.05, 0.1) is 22.5 Å². The summed E-state index contributed by atoms with van der Waals surface area (Å²) in [6.45, 7) is 0. The van der Waals surface area contributed by atoms with Gasteiger partial charge in [0.25, 0.3) is 11.6 Å². The van der Waals surface area contributed by atoms with Crippen molar-refractivity contribution in [3.63, 3.8) is 0 Å². The third kappa shape index (κ3) is 3.50. The Kier molecular flexibility index (Phi) is 4.72. The Hall–Kier alpha value is -4.72. The van der Waals surface area contributed by atoms with Crippen molar-refractivity contribution in [1.29, 1.82) is 0 Å². The highest BCUT2D eigenvalue weighted by atomic mass is 16.6. The van der Waals surface area contributed by atoms with Crippen LogP contribution in [-0.4, -0.2) is 20.4 Å². The van der Waals surface area contributed by atoms with Crippen LogP contribution in [0.15, 0.2) is 91.5 Å². The Bertz CT molecular complexity index is 1340. The van der Waals surface area contributed by atoms with E-state index in [-0.39, 0.29) is 11.6 Å². The van der Waals surface area contributed by atoms with E-state index in [0.717, 1.165) is 16.9 Å². The van der Waals surface area contributed by atoms with Crippen molar-refractivity contribution in [1.82, 2.24) is 9.55 Å². The van der Waals surface area contributed by atoms with Crippen molar-refractivity contribution in [3.05, 3.63) is 113 Å². The molecule has 3 aromatic carbocycles. The lowest BCUT2D eigenvalue weighted by atomic mass is 9.99. The van der Waals surface area contributed by atoms with Crippen molar-refractivity contribution >= 4 is 34.2 Å². The second-order valence-electron chi connectivity index (χ2n) is 7.20. The Morgan fingerprint density at radius 1 is 1.03 bits per heavy atom. The van der Waals surface area contributed by atoms with Crippen molar-refractivity contribution in [2.45, 2.75) is 0 Å². The number of amides is 1. The zero-order valence-corrected chi connectivity index (χ0v) is 16.7. The fourth-order valence-electron chi connectivity index (χ4n) is 3.67. The molecule has 0 unspecified atom stereocenters. The summed E-state index contributed by atoms with van der Waals surface area (Å²) in [6.07, 6.45) is 5.28. The number of aromatic nitrogens is 2. The highest BCUT2D eigenvalue weighted by Crippen LogP contribution is 2.39. The predicted molar refractivity (Wildman–Crippen MR) is 122 cm³/mol. The van der Waals surface area contributed by atoms with E-state index in [0.29, 0.717) is 22.5 Å². The zero-order chi connectivity index (χ0) is 22.1. The number of benzene rings is 3. The summed E-state index contributed by atoms with van der Waals surface area (Å²) in [5.74, 6) is -0.318. The minimum absolute atomic E-state index is 0.0742. The maximum atomic E-state index is 12.9. The van der Waals surface area contributed by atoms with E-state index in [1.54, 1.807) is 18.6 Å². The summed E-state index contributed by atoms with van der Waals surface area (Å²) in [5.41, 5.74) is 4.39. The van der Waals surface area contributed by atoms with E-state index in [4.69, 9.17) is 0 Å². The number of anilines is 2. The monoisotopic (exact) mass is 423 g/mol. The van der Waals surface area contributed by atoms with Crippen LogP contribution in [0.2, 0.25) is 0 Å².